The number of hydrogen-bond acceptors (Lipinski definition) is 7. The van der Waals surface area contributed by atoms with Crippen LogP contribution in [-0.4, -0.2) is 69.5 Å². The van der Waals surface area contributed by atoms with Gasteiger partial charge in [0.2, 0.25) is 17.7 Å². The summed E-state index contributed by atoms with van der Waals surface area (Å²) in [7, 11) is 0. The molecule has 12 nitrogen and oxygen atoms in total. The van der Waals surface area contributed by atoms with Crippen LogP contribution in [0.15, 0.2) is 12.5 Å². The lowest BCUT2D eigenvalue weighted by Crippen LogP contribution is -2.58. The van der Waals surface area contributed by atoms with Gasteiger partial charge in [0.05, 0.1) is 12.4 Å². The van der Waals surface area contributed by atoms with Crippen molar-refractivity contribution in [1.82, 2.24) is 25.9 Å². The summed E-state index contributed by atoms with van der Waals surface area (Å²) in [6, 6.07) is -3.93. The van der Waals surface area contributed by atoms with Gasteiger partial charge in [-0.1, -0.05) is 26.7 Å². The summed E-state index contributed by atoms with van der Waals surface area (Å²) in [5.41, 5.74) is 12.0. The fraction of sp³-hybridized carbons (Fsp3) is 0.667. The van der Waals surface area contributed by atoms with Gasteiger partial charge in [-0.05, 0) is 32.2 Å². The minimum atomic E-state index is -1.21. The van der Waals surface area contributed by atoms with Crippen molar-refractivity contribution in [2.75, 3.05) is 6.54 Å². The number of nitrogens with one attached hydrogen (secondary N) is 4. The SMILES string of the molecule is CCC(C)C(NC(=O)C(N)CCCCN)C(=O)NC(Cc1cnc[nH]1)C(=O)NC(C)C(=O)O. The molecule has 0 aliphatic carbocycles. The smallest absolute Gasteiger partial charge is 0.325 e. The summed E-state index contributed by atoms with van der Waals surface area (Å²) < 4.78 is 0. The fourth-order valence-electron chi connectivity index (χ4n) is 3.06. The number of aromatic nitrogens is 2. The van der Waals surface area contributed by atoms with E-state index in [1.165, 1.54) is 19.4 Å². The van der Waals surface area contributed by atoms with Gasteiger partial charge >= 0.3 is 5.97 Å². The van der Waals surface area contributed by atoms with E-state index in [2.05, 4.69) is 25.9 Å². The number of nitrogens with zero attached hydrogens (tertiary/aromatic N) is 1. The molecule has 33 heavy (non-hydrogen) atoms. The summed E-state index contributed by atoms with van der Waals surface area (Å²) >= 11 is 0. The zero-order valence-electron chi connectivity index (χ0n) is 19.5. The van der Waals surface area contributed by atoms with Crippen molar-refractivity contribution in [3.63, 3.8) is 0 Å². The van der Waals surface area contributed by atoms with Crippen molar-refractivity contribution in [2.45, 2.75) is 77.0 Å². The van der Waals surface area contributed by atoms with Crippen molar-refractivity contribution in [3.8, 4) is 0 Å². The maximum absolute atomic E-state index is 13.1. The summed E-state index contributed by atoms with van der Waals surface area (Å²) in [4.78, 5) is 56.3. The molecular formula is C21H37N7O5. The van der Waals surface area contributed by atoms with Gasteiger partial charge in [0.15, 0.2) is 0 Å². The molecule has 12 heteroatoms. The summed E-state index contributed by atoms with van der Waals surface area (Å²) in [5, 5.41) is 16.8. The number of carboxylic acids is 1. The number of unbranched alkanes of at least 4 members (excludes halogenated alkanes) is 1. The van der Waals surface area contributed by atoms with Crippen LogP contribution in [0.4, 0.5) is 0 Å². The minimum absolute atomic E-state index is 0.0592. The molecule has 1 rings (SSSR count). The van der Waals surface area contributed by atoms with Crippen LogP contribution in [-0.2, 0) is 25.6 Å². The highest BCUT2D eigenvalue weighted by atomic mass is 16.4. The summed E-state index contributed by atoms with van der Waals surface area (Å²) in [6.45, 7) is 5.51. The quantitative estimate of drug-likeness (QED) is 0.159. The van der Waals surface area contributed by atoms with Crippen LogP contribution in [0.5, 0.6) is 0 Å². The van der Waals surface area contributed by atoms with Gasteiger partial charge in [0.1, 0.15) is 18.1 Å². The van der Waals surface area contributed by atoms with Gasteiger partial charge in [0, 0.05) is 18.3 Å². The van der Waals surface area contributed by atoms with Crippen LogP contribution >= 0.6 is 0 Å². The first-order valence-corrected chi connectivity index (χ1v) is 11.2. The number of carbonyl (C=O) groups excluding carboxylic acids is 3. The van der Waals surface area contributed by atoms with Crippen LogP contribution in [0, 0.1) is 5.92 Å². The maximum atomic E-state index is 13.1. The Kier molecular flexibility index (Phi) is 12.1. The van der Waals surface area contributed by atoms with Crippen molar-refractivity contribution in [2.24, 2.45) is 17.4 Å². The molecule has 1 heterocycles. The molecule has 0 bridgehead atoms. The molecule has 1 aromatic rings. The van der Waals surface area contributed by atoms with Crippen LogP contribution < -0.4 is 27.4 Å². The molecule has 0 aliphatic heterocycles. The first-order valence-electron chi connectivity index (χ1n) is 11.2. The summed E-state index contributed by atoms with van der Waals surface area (Å²) in [5.74, 6) is -3.13. The van der Waals surface area contributed by atoms with Crippen LogP contribution in [0.2, 0.25) is 0 Å². The number of hydrogen-bond donors (Lipinski definition) is 7. The van der Waals surface area contributed by atoms with E-state index in [1.807, 2.05) is 6.92 Å². The van der Waals surface area contributed by atoms with Gasteiger partial charge in [0.25, 0.3) is 0 Å². The third-order valence-electron chi connectivity index (χ3n) is 5.44. The molecule has 5 atom stereocenters. The maximum Gasteiger partial charge on any atom is 0.325 e. The Morgan fingerprint density at radius 3 is 2.33 bits per heavy atom. The highest BCUT2D eigenvalue weighted by Gasteiger charge is 2.32. The van der Waals surface area contributed by atoms with Crippen molar-refractivity contribution >= 4 is 23.7 Å². The van der Waals surface area contributed by atoms with E-state index >= 15 is 0 Å². The van der Waals surface area contributed by atoms with E-state index in [-0.39, 0.29) is 12.3 Å². The molecule has 0 saturated carbocycles. The van der Waals surface area contributed by atoms with Crippen molar-refractivity contribution < 1.29 is 24.3 Å². The van der Waals surface area contributed by atoms with Gasteiger partial charge < -0.3 is 37.5 Å². The number of imidazole rings is 1. The molecule has 186 valence electrons. The lowest BCUT2D eigenvalue weighted by Gasteiger charge is -2.27. The molecule has 3 amide bonds. The first-order chi connectivity index (χ1) is 15.6. The molecular weight excluding hydrogens is 430 g/mol. The fourth-order valence-corrected chi connectivity index (χ4v) is 3.06. The molecule has 0 fully saturated rings. The average Bonchev–Trinajstić information content (AvgIpc) is 3.29. The number of rotatable bonds is 15. The molecule has 0 radical (unpaired) electrons. The molecule has 1 aromatic heterocycles. The summed E-state index contributed by atoms with van der Waals surface area (Å²) in [6.07, 6.45) is 5.46. The molecule has 0 aliphatic rings. The Hall–Kier alpha value is -2.99. The molecule has 0 saturated heterocycles. The number of H-pyrrole nitrogens is 1. The van der Waals surface area contributed by atoms with Crippen LogP contribution in [0.3, 0.4) is 0 Å². The van der Waals surface area contributed by atoms with Gasteiger partial charge in [-0.3, -0.25) is 19.2 Å². The van der Waals surface area contributed by atoms with E-state index in [1.54, 1.807) is 6.92 Å². The molecule has 9 N–H and O–H groups in total. The van der Waals surface area contributed by atoms with Crippen LogP contribution in [0.25, 0.3) is 0 Å². The topological polar surface area (TPSA) is 205 Å². The lowest BCUT2D eigenvalue weighted by atomic mass is 9.96. The minimum Gasteiger partial charge on any atom is -0.480 e. The predicted octanol–water partition coefficient (Wildman–Crippen LogP) is -0.986. The molecule has 0 aromatic carbocycles. The van der Waals surface area contributed by atoms with E-state index in [9.17, 15) is 19.2 Å². The van der Waals surface area contributed by atoms with E-state index in [0.717, 1.165) is 6.42 Å². The highest BCUT2D eigenvalue weighted by Crippen LogP contribution is 2.10. The Balaban J connectivity index is 2.95. The zero-order valence-corrected chi connectivity index (χ0v) is 19.5. The third kappa shape index (κ3) is 9.58. The van der Waals surface area contributed by atoms with E-state index in [0.29, 0.717) is 31.5 Å². The second-order valence-electron chi connectivity index (χ2n) is 8.17. The number of aromatic amines is 1. The Morgan fingerprint density at radius 1 is 1.09 bits per heavy atom. The number of carbonyl (C=O) groups is 4. The average molecular weight is 468 g/mol. The molecule has 0 spiro atoms. The van der Waals surface area contributed by atoms with Crippen LogP contribution in [0.1, 0.15) is 52.1 Å². The monoisotopic (exact) mass is 467 g/mol. The van der Waals surface area contributed by atoms with E-state index in [4.69, 9.17) is 16.6 Å². The Bertz CT molecular complexity index is 771. The van der Waals surface area contributed by atoms with Crippen molar-refractivity contribution in [1.29, 1.82) is 0 Å². The standard InChI is InChI=1S/C21H37N7O5/c1-4-12(2)17(28-18(29)15(23)7-5-6-8-22)20(31)27-16(9-14-10-24-11-25-14)19(30)26-13(3)21(32)33/h10-13,15-17H,4-9,22-23H2,1-3H3,(H,24,25)(H,26,30)(H,27,31)(H,28,29)(H,32,33). The normalized spacial score (nSPS) is 15.5. The number of carboxylic acid groups (broad SMARTS) is 1. The van der Waals surface area contributed by atoms with E-state index < -0.39 is 47.9 Å². The largest absolute Gasteiger partial charge is 0.480 e. The third-order valence-corrected chi connectivity index (χ3v) is 5.44. The second-order valence-corrected chi connectivity index (χ2v) is 8.17. The zero-order chi connectivity index (χ0) is 25.0. The van der Waals surface area contributed by atoms with Gasteiger partial charge in [-0.15, -0.1) is 0 Å². The Labute approximate surface area is 193 Å². The first kappa shape index (κ1) is 28.0. The number of amides is 3. The lowest BCUT2D eigenvalue weighted by molar-refractivity contribution is -0.141. The number of aliphatic carboxylic acids is 1. The second kappa shape index (κ2) is 14.2. The Morgan fingerprint density at radius 2 is 1.79 bits per heavy atom. The van der Waals surface area contributed by atoms with Gasteiger partial charge in [-0.2, -0.15) is 0 Å². The van der Waals surface area contributed by atoms with Crippen molar-refractivity contribution in [3.05, 3.63) is 18.2 Å². The molecule has 5 unspecified atom stereocenters. The number of nitrogens with two attached hydrogens (primary N) is 2. The predicted molar refractivity (Wildman–Crippen MR) is 122 cm³/mol. The van der Waals surface area contributed by atoms with Gasteiger partial charge in [-0.25, -0.2) is 4.98 Å². The highest BCUT2D eigenvalue weighted by molar-refractivity contribution is 5.94.